The van der Waals surface area contributed by atoms with Crippen LogP contribution in [0, 0.1) is 0 Å². The topological polar surface area (TPSA) is 56.1 Å². The van der Waals surface area contributed by atoms with E-state index in [4.69, 9.17) is 0 Å². The van der Waals surface area contributed by atoms with E-state index in [0.717, 1.165) is 35.0 Å². The zero-order valence-corrected chi connectivity index (χ0v) is 18.1. The Kier molecular flexibility index (Phi) is 5.87. The normalized spacial score (nSPS) is 20.1. The minimum Gasteiger partial charge on any atom is -0.508 e. The lowest BCUT2D eigenvalue weighted by atomic mass is 10.3. The van der Waals surface area contributed by atoms with E-state index in [2.05, 4.69) is 35.9 Å². The lowest BCUT2D eigenvalue weighted by Gasteiger charge is -2.19. The first-order valence-electron chi connectivity index (χ1n) is 9.78. The number of unbranched alkanes of at least 4 members (excludes halogenated alkanes) is 1. The van der Waals surface area contributed by atoms with Gasteiger partial charge in [0, 0.05) is 24.1 Å². The highest BCUT2D eigenvalue weighted by atomic mass is 32.2. The van der Waals surface area contributed by atoms with Crippen molar-refractivity contribution in [3.05, 3.63) is 58.5 Å². The molecule has 2 aromatic carbocycles. The number of hydrogen-bond donors (Lipinski definition) is 1. The fourth-order valence-corrected chi connectivity index (χ4v) is 5.74. The molecule has 7 heteroatoms. The highest BCUT2D eigenvalue weighted by molar-refractivity contribution is 8.19. The van der Waals surface area contributed by atoms with Crippen LogP contribution in [0.1, 0.15) is 26.7 Å². The fraction of sp³-hybridized carbons (Fsp3) is 0.273. The zero-order chi connectivity index (χ0) is 20.4. The number of fused-ring (bicyclic) bond motifs is 1. The van der Waals surface area contributed by atoms with E-state index >= 15 is 0 Å². The second-order valence-electron chi connectivity index (χ2n) is 6.77. The number of thioether (sulfide) groups is 2. The average molecular weight is 426 g/mol. The lowest BCUT2D eigenvalue weighted by Crippen LogP contribution is -2.30. The number of aromatic hydroxyl groups is 1. The van der Waals surface area contributed by atoms with E-state index in [-0.39, 0.29) is 11.7 Å². The summed E-state index contributed by atoms with van der Waals surface area (Å²) in [6.07, 6.45) is 1.92. The average Bonchev–Trinajstić information content (AvgIpc) is 3.23. The molecule has 2 aliphatic heterocycles. The Balaban J connectivity index is 1.74. The molecule has 2 heterocycles. The molecule has 1 N–H and O–H groups in total. The zero-order valence-electron chi connectivity index (χ0n) is 16.5. The van der Waals surface area contributed by atoms with Gasteiger partial charge < -0.3 is 10.0 Å². The van der Waals surface area contributed by atoms with E-state index < -0.39 is 0 Å². The summed E-state index contributed by atoms with van der Waals surface area (Å²) in [5.41, 5.74) is 1.79. The molecule has 4 rings (SSSR count). The minimum absolute atomic E-state index is 0.0103. The number of carbonyl (C=O) groups is 1. The molecule has 1 fully saturated rings. The standard InChI is InChI=1S/C22H23N3O2S2/c1-3-5-13-25-20(27)19(29-22(25)23-15-9-8-10-16(26)14-15)21-24(4-2)17-11-6-7-12-18(17)28-21/h6-12,14,26H,3-5,13H2,1-2H3/b21-19-,23-22?. The SMILES string of the molecule is CCCCN1C(=O)/C(=C2/Sc3ccccc3N2CC)SC1=Nc1cccc(O)c1. The number of carbonyl (C=O) groups excluding carboxylic acids is 1. The highest BCUT2D eigenvalue weighted by Crippen LogP contribution is 2.50. The first-order chi connectivity index (χ1) is 14.1. The smallest absolute Gasteiger partial charge is 0.269 e. The van der Waals surface area contributed by atoms with Crippen LogP contribution >= 0.6 is 23.5 Å². The van der Waals surface area contributed by atoms with Gasteiger partial charge in [0.1, 0.15) is 15.7 Å². The van der Waals surface area contributed by atoms with Gasteiger partial charge in [0.15, 0.2) is 5.17 Å². The number of phenols is 1. The van der Waals surface area contributed by atoms with Crippen LogP contribution in [0.15, 0.2) is 68.4 Å². The Hall–Kier alpha value is -2.38. The quantitative estimate of drug-likeness (QED) is 0.636. The maximum atomic E-state index is 13.4. The molecule has 1 amide bonds. The molecule has 0 unspecified atom stereocenters. The first-order valence-corrected chi connectivity index (χ1v) is 11.4. The molecule has 0 bridgehead atoms. The Morgan fingerprint density at radius 3 is 2.62 bits per heavy atom. The number of nitrogens with zero attached hydrogens (tertiary/aromatic N) is 3. The fourth-order valence-electron chi connectivity index (χ4n) is 3.32. The number of para-hydroxylation sites is 1. The second-order valence-corrected chi connectivity index (χ2v) is 8.78. The molecule has 0 radical (unpaired) electrons. The Bertz CT molecular complexity index is 1000. The highest BCUT2D eigenvalue weighted by Gasteiger charge is 2.39. The summed E-state index contributed by atoms with van der Waals surface area (Å²) >= 11 is 3.08. The molecule has 0 spiro atoms. The van der Waals surface area contributed by atoms with E-state index in [9.17, 15) is 9.90 Å². The van der Waals surface area contributed by atoms with E-state index in [1.807, 2.05) is 18.2 Å². The van der Waals surface area contributed by atoms with Crippen LogP contribution in [0.2, 0.25) is 0 Å². The number of benzene rings is 2. The van der Waals surface area contributed by atoms with Crippen molar-refractivity contribution < 1.29 is 9.90 Å². The Morgan fingerprint density at radius 1 is 1.03 bits per heavy atom. The van der Waals surface area contributed by atoms with Gasteiger partial charge in [-0.05, 0) is 49.4 Å². The number of hydrogen-bond acceptors (Lipinski definition) is 6. The van der Waals surface area contributed by atoms with Gasteiger partial charge in [0.2, 0.25) is 0 Å². The number of aliphatic imine (C=N–C) groups is 1. The molecule has 150 valence electrons. The van der Waals surface area contributed by atoms with Gasteiger partial charge in [-0.2, -0.15) is 0 Å². The van der Waals surface area contributed by atoms with Gasteiger partial charge in [-0.1, -0.05) is 43.3 Å². The molecule has 2 aliphatic rings. The van der Waals surface area contributed by atoms with Crippen molar-refractivity contribution in [3.8, 4) is 5.75 Å². The summed E-state index contributed by atoms with van der Waals surface area (Å²) < 4.78 is 0. The van der Waals surface area contributed by atoms with Crippen LogP contribution in [-0.4, -0.2) is 34.2 Å². The van der Waals surface area contributed by atoms with E-state index in [0.29, 0.717) is 17.4 Å². The van der Waals surface area contributed by atoms with Crippen molar-refractivity contribution in [2.45, 2.75) is 31.6 Å². The lowest BCUT2D eigenvalue weighted by molar-refractivity contribution is -0.122. The van der Waals surface area contributed by atoms with E-state index in [1.54, 1.807) is 34.9 Å². The summed E-state index contributed by atoms with van der Waals surface area (Å²) in [5.74, 6) is 0.176. The van der Waals surface area contributed by atoms with Crippen LogP contribution < -0.4 is 4.90 Å². The van der Waals surface area contributed by atoms with Crippen LogP contribution in [0.3, 0.4) is 0 Å². The number of rotatable bonds is 5. The van der Waals surface area contributed by atoms with Crippen molar-refractivity contribution in [2.24, 2.45) is 4.99 Å². The molecular formula is C22H23N3O2S2. The van der Waals surface area contributed by atoms with Crippen molar-refractivity contribution in [2.75, 3.05) is 18.0 Å². The first kappa shape index (κ1) is 19.9. The Labute approximate surface area is 179 Å². The molecule has 0 aromatic heterocycles. The molecule has 0 saturated carbocycles. The molecule has 5 nitrogen and oxygen atoms in total. The third-order valence-corrected chi connectivity index (χ3v) is 7.15. The third-order valence-electron chi connectivity index (χ3n) is 4.77. The summed E-state index contributed by atoms with van der Waals surface area (Å²) in [6, 6.07) is 15.1. The van der Waals surface area contributed by atoms with Gasteiger partial charge >= 0.3 is 0 Å². The van der Waals surface area contributed by atoms with Crippen molar-refractivity contribution >= 4 is 46.0 Å². The van der Waals surface area contributed by atoms with E-state index in [1.165, 1.54) is 16.7 Å². The number of anilines is 1. The summed E-state index contributed by atoms with van der Waals surface area (Å²) in [5, 5.41) is 11.4. The summed E-state index contributed by atoms with van der Waals surface area (Å²) in [4.78, 5) is 23.9. The molecule has 0 atom stereocenters. The van der Waals surface area contributed by atoms with Crippen LogP contribution in [0.4, 0.5) is 11.4 Å². The van der Waals surface area contributed by atoms with Crippen molar-refractivity contribution in [1.82, 2.24) is 4.90 Å². The number of amides is 1. The molecule has 2 aromatic rings. The third kappa shape index (κ3) is 3.89. The predicted molar refractivity (Wildman–Crippen MR) is 122 cm³/mol. The predicted octanol–water partition coefficient (Wildman–Crippen LogP) is 5.56. The number of phenolic OH excluding ortho intramolecular Hbond substituents is 1. The molecule has 29 heavy (non-hydrogen) atoms. The summed E-state index contributed by atoms with van der Waals surface area (Å²) in [7, 11) is 0. The van der Waals surface area contributed by atoms with Crippen LogP contribution in [0.25, 0.3) is 0 Å². The van der Waals surface area contributed by atoms with Gasteiger partial charge in [0.05, 0.1) is 11.4 Å². The molecule has 1 saturated heterocycles. The van der Waals surface area contributed by atoms with Crippen molar-refractivity contribution in [3.63, 3.8) is 0 Å². The van der Waals surface area contributed by atoms with Gasteiger partial charge in [0.25, 0.3) is 5.91 Å². The largest absolute Gasteiger partial charge is 0.508 e. The minimum atomic E-state index is 0.0103. The Morgan fingerprint density at radius 2 is 1.86 bits per heavy atom. The van der Waals surface area contributed by atoms with Crippen LogP contribution in [0.5, 0.6) is 5.75 Å². The monoisotopic (exact) mass is 425 g/mol. The summed E-state index contributed by atoms with van der Waals surface area (Å²) in [6.45, 7) is 5.65. The van der Waals surface area contributed by atoms with Crippen LogP contribution in [-0.2, 0) is 4.79 Å². The molecule has 0 aliphatic carbocycles. The number of amidine groups is 1. The maximum Gasteiger partial charge on any atom is 0.269 e. The molecular weight excluding hydrogens is 402 g/mol. The second kappa shape index (κ2) is 8.55. The van der Waals surface area contributed by atoms with Gasteiger partial charge in [-0.3, -0.25) is 9.69 Å². The van der Waals surface area contributed by atoms with Crippen molar-refractivity contribution in [1.29, 1.82) is 0 Å². The van der Waals surface area contributed by atoms with Gasteiger partial charge in [-0.25, -0.2) is 4.99 Å². The van der Waals surface area contributed by atoms with Gasteiger partial charge in [-0.15, -0.1) is 0 Å². The maximum absolute atomic E-state index is 13.4.